The molecule has 3 rings (SSSR count). The van der Waals surface area contributed by atoms with Crippen LogP contribution in [0.1, 0.15) is 24.1 Å². The van der Waals surface area contributed by atoms with Gasteiger partial charge in [-0.15, -0.1) is 0 Å². The van der Waals surface area contributed by atoms with E-state index in [2.05, 4.69) is 60.5 Å². The van der Waals surface area contributed by atoms with Gasteiger partial charge in [0.05, 0.1) is 12.1 Å². The van der Waals surface area contributed by atoms with Crippen LogP contribution in [0, 0.1) is 0 Å². The van der Waals surface area contributed by atoms with Gasteiger partial charge in [0.1, 0.15) is 0 Å². The first-order valence-electron chi connectivity index (χ1n) is 6.75. The van der Waals surface area contributed by atoms with Crippen molar-refractivity contribution in [3.05, 3.63) is 59.7 Å². The average Bonchev–Trinajstić information content (AvgIpc) is 2.72. The molecule has 1 aliphatic carbocycles. The standard InChI is InChI=1S/C17H19NO/c1-12(19)11-18(2)17-15-9-5-3-7-13(15)14-8-4-6-10-16(14)17/h3-10,12,17,19H,11H2,1-2H3. The fourth-order valence-corrected chi connectivity index (χ4v) is 3.13. The maximum absolute atomic E-state index is 9.64. The molecule has 1 atom stereocenters. The van der Waals surface area contributed by atoms with Crippen molar-refractivity contribution in [3.8, 4) is 11.1 Å². The molecule has 0 fully saturated rings. The fraction of sp³-hybridized carbons (Fsp3) is 0.294. The number of likely N-dealkylation sites (N-methyl/N-ethyl adjacent to an activating group) is 1. The first-order chi connectivity index (χ1) is 9.18. The second kappa shape index (κ2) is 4.80. The molecule has 0 aromatic heterocycles. The van der Waals surface area contributed by atoms with Crippen molar-refractivity contribution in [1.29, 1.82) is 0 Å². The molecule has 2 heteroatoms. The van der Waals surface area contributed by atoms with Gasteiger partial charge in [-0.3, -0.25) is 4.90 Å². The Labute approximate surface area is 114 Å². The Morgan fingerprint density at radius 1 is 1.00 bits per heavy atom. The Morgan fingerprint density at radius 3 is 1.95 bits per heavy atom. The molecular formula is C17H19NO. The quantitative estimate of drug-likeness (QED) is 0.908. The van der Waals surface area contributed by atoms with Crippen molar-refractivity contribution in [2.45, 2.75) is 19.1 Å². The summed E-state index contributed by atoms with van der Waals surface area (Å²) in [4.78, 5) is 2.23. The molecule has 2 nitrogen and oxygen atoms in total. The second-order valence-corrected chi connectivity index (χ2v) is 5.37. The lowest BCUT2D eigenvalue weighted by Gasteiger charge is -2.27. The maximum Gasteiger partial charge on any atom is 0.0639 e. The molecule has 0 amide bonds. The van der Waals surface area contributed by atoms with E-state index in [1.807, 2.05) is 6.92 Å². The number of hydrogen-bond donors (Lipinski definition) is 1. The summed E-state index contributed by atoms with van der Waals surface area (Å²) in [5.74, 6) is 0. The lowest BCUT2D eigenvalue weighted by atomic mass is 10.0. The summed E-state index contributed by atoms with van der Waals surface area (Å²) in [7, 11) is 2.08. The van der Waals surface area contributed by atoms with Crippen molar-refractivity contribution in [3.63, 3.8) is 0 Å². The summed E-state index contributed by atoms with van der Waals surface area (Å²) in [5, 5.41) is 9.64. The highest BCUT2D eigenvalue weighted by atomic mass is 16.3. The van der Waals surface area contributed by atoms with E-state index in [9.17, 15) is 5.11 Å². The SMILES string of the molecule is CC(O)CN(C)C1c2ccccc2-c2ccccc21. The third-order valence-corrected chi connectivity index (χ3v) is 3.79. The lowest BCUT2D eigenvalue weighted by Crippen LogP contribution is -2.30. The molecule has 19 heavy (non-hydrogen) atoms. The number of rotatable bonds is 3. The predicted molar refractivity (Wildman–Crippen MR) is 78.0 cm³/mol. The Kier molecular flexibility index (Phi) is 3.13. The van der Waals surface area contributed by atoms with Gasteiger partial charge in [0.2, 0.25) is 0 Å². The molecule has 0 radical (unpaired) electrons. The molecule has 1 unspecified atom stereocenters. The van der Waals surface area contributed by atoms with Gasteiger partial charge >= 0.3 is 0 Å². The first kappa shape index (κ1) is 12.4. The Morgan fingerprint density at radius 2 is 1.47 bits per heavy atom. The van der Waals surface area contributed by atoms with Crippen molar-refractivity contribution < 1.29 is 5.11 Å². The minimum absolute atomic E-state index is 0.252. The summed E-state index contributed by atoms with van der Waals surface area (Å²) in [5.41, 5.74) is 5.32. The van der Waals surface area contributed by atoms with Crippen LogP contribution in [0.15, 0.2) is 48.5 Å². The first-order valence-corrected chi connectivity index (χ1v) is 6.75. The molecule has 0 spiro atoms. The van der Waals surface area contributed by atoms with E-state index in [-0.39, 0.29) is 12.1 Å². The summed E-state index contributed by atoms with van der Waals surface area (Å²) in [6.07, 6.45) is -0.315. The van der Waals surface area contributed by atoms with Crippen molar-refractivity contribution >= 4 is 0 Å². The predicted octanol–water partition coefficient (Wildman–Crippen LogP) is 3.07. The highest BCUT2D eigenvalue weighted by Crippen LogP contribution is 2.45. The summed E-state index contributed by atoms with van der Waals surface area (Å²) >= 11 is 0. The molecule has 1 aliphatic rings. The molecule has 98 valence electrons. The fourth-order valence-electron chi connectivity index (χ4n) is 3.13. The molecule has 0 saturated carbocycles. The number of hydrogen-bond acceptors (Lipinski definition) is 2. The molecule has 0 bridgehead atoms. The summed E-state index contributed by atoms with van der Waals surface area (Å²) in [6, 6.07) is 17.4. The van der Waals surface area contributed by atoms with E-state index in [1.165, 1.54) is 22.3 Å². The molecular weight excluding hydrogens is 234 g/mol. The highest BCUT2D eigenvalue weighted by Gasteiger charge is 2.30. The van der Waals surface area contributed by atoms with Gasteiger partial charge in [-0.25, -0.2) is 0 Å². The Balaban J connectivity index is 2.09. The van der Waals surface area contributed by atoms with Gasteiger partial charge in [-0.1, -0.05) is 48.5 Å². The minimum atomic E-state index is -0.315. The number of nitrogens with zero attached hydrogens (tertiary/aromatic N) is 1. The zero-order valence-corrected chi connectivity index (χ0v) is 11.4. The van der Waals surface area contributed by atoms with Crippen LogP contribution in [0.25, 0.3) is 11.1 Å². The van der Waals surface area contributed by atoms with Gasteiger partial charge < -0.3 is 5.11 Å². The third kappa shape index (κ3) is 2.07. The van der Waals surface area contributed by atoms with Gasteiger partial charge in [0.15, 0.2) is 0 Å². The zero-order chi connectivity index (χ0) is 13.4. The van der Waals surface area contributed by atoms with E-state index in [1.54, 1.807) is 0 Å². The lowest BCUT2D eigenvalue weighted by molar-refractivity contribution is 0.128. The molecule has 0 saturated heterocycles. The average molecular weight is 253 g/mol. The smallest absolute Gasteiger partial charge is 0.0639 e. The van der Waals surface area contributed by atoms with E-state index in [0.717, 1.165) is 0 Å². The van der Waals surface area contributed by atoms with Crippen LogP contribution in [0.2, 0.25) is 0 Å². The van der Waals surface area contributed by atoms with Crippen LogP contribution in [0.4, 0.5) is 0 Å². The molecule has 0 aliphatic heterocycles. The van der Waals surface area contributed by atoms with Crippen LogP contribution < -0.4 is 0 Å². The van der Waals surface area contributed by atoms with Crippen LogP contribution in [-0.2, 0) is 0 Å². The van der Waals surface area contributed by atoms with E-state index in [0.29, 0.717) is 6.54 Å². The number of benzene rings is 2. The topological polar surface area (TPSA) is 23.5 Å². The van der Waals surface area contributed by atoms with E-state index >= 15 is 0 Å². The van der Waals surface area contributed by atoms with Gasteiger partial charge in [-0.2, -0.15) is 0 Å². The number of fused-ring (bicyclic) bond motifs is 3. The van der Waals surface area contributed by atoms with Crippen molar-refractivity contribution in [2.75, 3.05) is 13.6 Å². The summed E-state index contributed by atoms with van der Waals surface area (Å²) in [6.45, 7) is 2.51. The Hall–Kier alpha value is -1.64. The van der Waals surface area contributed by atoms with Crippen molar-refractivity contribution in [2.24, 2.45) is 0 Å². The summed E-state index contributed by atoms with van der Waals surface area (Å²) < 4.78 is 0. The maximum atomic E-state index is 9.64. The number of aliphatic hydroxyl groups is 1. The van der Waals surface area contributed by atoms with Crippen LogP contribution >= 0.6 is 0 Å². The van der Waals surface area contributed by atoms with Crippen LogP contribution in [0.3, 0.4) is 0 Å². The molecule has 2 aromatic rings. The van der Waals surface area contributed by atoms with Gasteiger partial charge in [-0.05, 0) is 36.2 Å². The van der Waals surface area contributed by atoms with E-state index in [4.69, 9.17) is 0 Å². The van der Waals surface area contributed by atoms with Gasteiger partial charge in [0.25, 0.3) is 0 Å². The monoisotopic (exact) mass is 253 g/mol. The molecule has 1 N–H and O–H groups in total. The van der Waals surface area contributed by atoms with Crippen LogP contribution in [-0.4, -0.2) is 29.7 Å². The number of aliphatic hydroxyl groups excluding tert-OH is 1. The minimum Gasteiger partial charge on any atom is -0.392 e. The highest BCUT2D eigenvalue weighted by molar-refractivity contribution is 5.78. The molecule has 2 aromatic carbocycles. The largest absolute Gasteiger partial charge is 0.392 e. The zero-order valence-electron chi connectivity index (χ0n) is 11.4. The molecule has 0 heterocycles. The van der Waals surface area contributed by atoms with Crippen LogP contribution in [0.5, 0.6) is 0 Å². The Bertz CT molecular complexity index is 546. The van der Waals surface area contributed by atoms with E-state index < -0.39 is 0 Å². The normalized spacial score (nSPS) is 15.4. The second-order valence-electron chi connectivity index (χ2n) is 5.37. The van der Waals surface area contributed by atoms with Crippen molar-refractivity contribution in [1.82, 2.24) is 4.90 Å². The van der Waals surface area contributed by atoms with Gasteiger partial charge in [0, 0.05) is 6.54 Å². The third-order valence-electron chi connectivity index (χ3n) is 3.79.